The van der Waals surface area contributed by atoms with Gasteiger partial charge in [-0.15, -0.1) is 11.8 Å². The number of hydrogen-bond acceptors (Lipinski definition) is 4. The van der Waals surface area contributed by atoms with Crippen molar-refractivity contribution >= 4 is 23.6 Å². The van der Waals surface area contributed by atoms with E-state index in [2.05, 4.69) is 5.32 Å². The molecule has 0 aliphatic rings. The number of halogens is 1. The normalized spacial score (nSPS) is 10.2. The number of ether oxygens (including phenoxy) is 1. The third-order valence-corrected chi connectivity index (χ3v) is 3.89. The highest BCUT2D eigenvalue weighted by Gasteiger charge is 2.13. The van der Waals surface area contributed by atoms with Crippen molar-refractivity contribution in [2.24, 2.45) is 0 Å². The molecule has 2 rings (SSSR count). The van der Waals surface area contributed by atoms with Gasteiger partial charge >= 0.3 is 5.97 Å². The summed E-state index contributed by atoms with van der Waals surface area (Å²) in [4.78, 5) is 24.5. The van der Waals surface area contributed by atoms with Crippen molar-refractivity contribution in [3.63, 3.8) is 0 Å². The Morgan fingerprint density at radius 3 is 2.57 bits per heavy atom. The molecule has 0 heterocycles. The van der Waals surface area contributed by atoms with Gasteiger partial charge in [-0.05, 0) is 24.5 Å². The minimum atomic E-state index is -0.559. The highest BCUT2D eigenvalue weighted by atomic mass is 32.2. The van der Waals surface area contributed by atoms with Crippen LogP contribution in [0.5, 0.6) is 0 Å². The van der Waals surface area contributed by atoms with Gasteiger partial charge in [-0.2, -0.15) is 0 Å². The van der Waals surface area contributed by atoms with E-state index in [0.717, 1.165) is 4.90 Å². The predicted octanol–water partition coefficient (Wildman–Crippen LogP) is 3.02. The molecule has 0 atom stereocenters. The third kappa shape index (κ3) is 4.82. The van der Waals surface area contributed by atoms with Crippen LogP contribution in [0, 0.1) is 5.82 Å². The summed E-state index contributed by atoms with van der Waals surface area (Å²) in [5.41, 5.74) is 0.793. The summed E-state index contributed by atoms with van der Waals surface area (Å²) in [6.07, 6.45) is 1.85. The van der Waals surface area contributed by atoms with Crippen LogP contribution in [-0.2, 0) is 16.1 Å². The summed E-state index contributed by atoms with van der Waals surface area (Å²) in [7, 11) is 0. The zero-order chi connectivity index (χ0) is 16.7. The lowest BCUT2D eigenvalue weighted by Crippen LogP contribution is -2.28. The van der Waals surface area contributed by atoms with E-state index in [4.69, 9.17) is 4.74 Å². The average molecular weight is 333 g/mol. The van der Waals surface area contributed by atoms with Crippen LogP contribution >= 0.6 is 11.8 Å². The molecule has 1 amide bonds. The van der Waals surface area contributed by atoms with E-state index in [9.17, 15) is 14.0 Å². The SMILES string of the molecule is CSc1ccccc1C(=O)OCC(=O)NCc1ccccc1F. The topological polar surface area (TPSA) is 55.4 Å². The van der Waals surface area contributed by atoms with Crippen LogP contribution in [0.25, 0.3) is 0 Å². The molecular weight excluding hydrogens is 317 g/mol. The second-order valence-electron chi connectivity index (χ2n) is 4.64. The van der Waals surface area contributed by atoms with Crippen LogP contribution in [0.1, 0.15) is 15.9 Å². The summed E-state index contributed by atoms with van der Waals surface area (Å²) in [5, 5.41) is 2.51. The number of carbonyl (C=O) groups excluding carboxylic acids is 2. The summed E-state index contributed by atoms with van der Waals surface area (Å²) in [6.45, 7) is -0.361. The molecule has 0 spiro atoms. The molecule has 4 nitrogen and oxygen atoms in total. The van der Waals surface area contributed by atoms with Crippen LogP contribution < -0.4 is 5.32 Å². The maximum Gasteiger partial charge on any atom is 0.339 e. The van der Waals surface area contributed by atoms with Gasteiger partial charge in [-0.1, -0.05) is 30.3 Å². The van der Waals surface area contributed by atoms with Gasteiger partial charge in [0.25, 0.3) is 5.91 Å². The molecule has 6 heteroatoms. The lowest BCUT2D eigenvalue weighted by atomic mass is 10.2. The molecule has 0 unspecified atom stereocenters. The minimum Gasteiger partial charge on any atom is -0.452 e. The molecule has 0 aliphatic heterocycles. The van der Waals surface area contributed by atoms with Gasteiger partial charge in [0.05, 0.1) is 5.56 Å². The van der Waals surface area contributed by atoms with Gasteiger partial charge in [0, 0.05) is 17.0 Å². The van der Waals surface area contributed by atoms with E-state index >= 15 is 0 Å². The van der Waals surface area contributed by atoms with Crippen molar-refractivity contribution < 1.29 is 18.7 Å². The fourth-order valence-corrected chi connectivity index (χ4v) is 2.49. The fraction of sp³-hybridized carbons (Fsp3) is 0.176. The summed E-state index contributed by atoms with van der Waals surface area (Å²) in [6, 6.07) is 13.2. The van der Waals surface area contributed by atoms with Gasteiger partial charge in [-0.3, -0.25) is 4.79 Å². The van der Waals surface area contributed by atoms with Crippen LogP contribution in [0.3, 0.4) is 0 Å². The zero-order valence-corrected chi connectivity index (χ0v) is 13.4. The number of carbonyl (C=O) groups is 2. The maximum absolute atomic E-state index is 13.4. The highest BCUT2D eigenvalue weighted by Crippen LogP contribution is 2.20. The Morgan fingerprint density at radius 1 is 1.13 bits per heavy atom. The molecule has 120 valence electrons. The van der Waals surface area contributed by atoms with E-state index in [1.165, 1.54) is 17.8 Å². The Morgan fingerprint density at radius 2 is 1.83 bits per heavy atom. The van der Waals surface area contributed by atoms with E-state index in [-0.39, 0.29) is 6.54 Å². The van der Waals surface area contributed by atoms with E-state index < -0.39 is 24.3 Å². The van der Waals surface area contributed by atoms with E-state index in [1.807, 2.05) is 12.3 Å². The number of amides is 1. The van der Waals surface area contributed by atoms with Crippen LogP contribution in [-0.4, -0.2) is 24.7 Å². The molecule has 0 radical (unpaired) electrons. The number of nitrogens with one attached hydrogen (secondary N) is 1. The van der Waals surface area contributed by atoms with E-state index in [1.54, 1.807) is 36.4 Å². The second-order valence-corrected chi connectivity index (χ2v) is 5.49. The lowest BCUT2D eigenvalue weighted by Gasteiger charge is -2.09. The molecule has 23 heavy (non-hydrogen) atoms. The van der Waals surface area contributed by atoms with Gasteiger partial charge in [0.15, 0.2) is 6.61 Å². The van der Waals surface area contributed by atoms with Crippen LogP contribution in [0.15, 0.2) is 53.4 Å². The van der Waals surface area contributed by atoms with Crippen molar-refractivity contribution in [3.8, 4) is 0 Å². The highest BCUT2D eigenvalue weighted by molar-refractivity contribution is 7.98. The van der Waals surface area contributed by atoms with Crippen molar-refractivity contribution in [1.29, 1.82) is 0 Å². The largest absolute Gasteiger partial charge is 0.452 e. The first kappa shape index (κ1) is 17.0. The second kappa shape index (κ2) is 8.33. The Hall–Kier alpha value is -2.34. The molecule has 0 saturated heterocycles. The monoisotopic (exact) mass is 333 g/mol. The standard InChI is InChI=1S/C17H16FNO3S/c1-23-15-9-5-3-7-13(15)17(21)22-11-16(20)19-10-12-6-2-4-8-14(12)18/h2-9H,10-11H2,1H3,(H,19,20). The minimum absolute atomic E-state index is 0.0461. The number of benzene rings is 2. The molecule has 2 aromatic rings. The van der Waals surface area contributed by atoms with Crippen LogP contribution in [0.4, 0.5) is 4.39 Å². The molecule has 0 aromatic heterocycles. The first-order valence-electron chi connectivity index (χ1n) is 6.92. The van der Waals surface area contributed by atoms with E-state index in [0.29, 0.717) is 11.1 Å². The maximum atomic E-state index is 13.4. The quantitative estimate of drug-likeness (QED) is 0.652. The first-order chi connectivity index (χ1) is 11.1. The number of hydrogen-bond donors (Lipinski definition) is 1. The Balaban J connectivity index is 1.84. The van der Waals surface area contributed by atoms with Gasteiger partial charge in [-0.25, -0.2) is 9.18 Å². The third-order valence-electron chi connectivity index (χ3n) is 3.10. The van der Waals surface area contributed by atoms with Gasteiger partial charge in [0.1, 0.15) is 5.82 Å². The zero-order valence-electron chi connectivity index (χ0n) is 12.5. The van der Waals surface area contributed by atoms with Gasteiger partial charge in [0.2, 0.25) is 0 Å². The Labute approximate surface area is 138 Å². The number of thioether (sulfide) groups is 1. The summed E-state index contributed by atoms with van der Waals surface area (Å²) < 4.78 is 18.4. The number of esters is 1. The molecule has 1 N–H and O–H groups in total. The Bertz CT molecular complexity index is 706. The first-order valence-corrected chi connectivity index (χ1v) is 8.14. The molecule has 0 aliphatic carbocycles. The molecular formula is C17H16FNO3S. The van der Waals surface area contributed by atoms with Crippen molar-refractivity contribution in [2.75, 3.05) is 12.9 Å². The lowest BCUT2D eigenvalue weighted by molar-refractivity contribution is -0.124. The molecule has 2 aromatic carbocycles. The smallest absolute Gasteiger partial charge is 0.339 e. The summed E-state index contributed by atoms with van der Waals surface area (Å²) >= 11 is 1.42. The van der Waals surface area contributed by atoms with Crippen molar-refractivity contribution in [2.45, 2.75) is 11.4 Å². The average Bonchev–Trinajstić information content (AvgIpc) is 2.58. The molecule has 0 saturated carbocycles. The Kier molecular flexibility index (Phi) is 6.17. The summed E-state index contributed by atoms with van der Waals surface area (Å²) in [5.74, 6) is -1.43. The van der Waals surface area contributed by atoms with Gasteiger partial charge < -0.3 is 10.1 Å². The number of rotatable bonds is 6. The fourth-order valence-electron chi connectivity index (χ4n) is 1.91. The molecule has 0 bridgehead atoms. The molecule has 0 fully saturated rings. The predicted molar refractivity (Wildman–Crippen MR) is 86.8 cm³/mol. The van der Waals surface area contributed by atoms with Crippen LogP contribution in [0.2, 0.25) is 0 Å². The van der Waals surface area contributed by atoms with Crippen molar-refractivity contribution in [1.82, 2.24) is 5.32 Å². The van der Waals surface area contributed by atoms with Crippen molar-refractivity contribution in [3.05, 3.63) is 65.5 Å².